The summed E-state index contributed by atoms with van der Waals surface area (Å²) in [4.78, 5) is 19.0. The summed E-state index contributed by atoms with van der Waals surface area (Å²) in [6.45, 7) is 6.19. The summed E-state index contributed by atoms with van der Waals surface area (Å²) in [5.41, 5.74) is 2.66. The van der Waals surface area contributed by atoms with E-state index < -0.39 is 10.0 Å². The number of pyridine rings is 1. The molecule has 3 rings (SSSR count). The van der Waals surface area contributed by atoms with Gasteiger partial charge >= 0.3 is 0 Å². The van der Waals surface area contributed by atoms with E-state index in [2.05, 4.69) is 9.71 Å². The Morgan fingerprint density at radius 1 is 1.10 bits per heavy atom. The molecule has 0 aliphatic rings. The lowest BCUT2D eigenvalue weighted by Crippen LogP contribution is -2.33. The van der Waals surface area contributed by atoms with Crippen molar-refractivity contribution >= 4 is 21.6 Å². The van der Waals surface area contributed by atoms with E-state index >= 15 is 0 Å². The molecule has 0 saturated carbocycles. The summed E-state index contributed by atoms with van der Waals surface area (Å²) >= 11 is 0. The smallest absolute Gasteiger partial charge is 0.261 e. The highest BCUT2D eigenvalue weighted by atomic mass is 32.2. The van der Waals surface area contributed by atoms with E-state index in [1.807, 2.05) is 39.0 Å². The van der Waals surface area contributed by atoms with Gasteiger partial charge in [-0.3, -0.25) is 14.5 Å². The highest BCUT2D eigenvalue weighted by Gasteiger charge is 2.23. The quantitative estimate of drug-likeness (QED) is 0.610. The average molecular weight is 424 g/mol. The van der Waals surface area contributed by atoms with Crippen molar-refractivity contribution in [3.05, 3.63) is 89.7 Å². The van der Waals surface area contributed by atoms with Crippen molar-refractivity contribution in [2.45, 2.75) is 31.7 Å². The van der Waals surface area contributed by atoms with Gasteiger partial charge in [-0.1, -0.05) is 24.3 Å². The molecule has 3 aromatic rings. The molecule has 0 aliphatic carbocycles. The van der Waals surface area contributed by atoms with Gasteiger partial charge in [-0.05, 0) is 68.3 Å². The standard InChI is InChI=1S/C23H25N3O3S/c1-4-26(18(3)20-10-7-13-24-16-20)23(27)19-9-6-12-22(15-19)30(28,29)25-21-11-5-8-17(2)14-21/h5-16,18,25H,4H2,1-3H3. The lowest BCUT2D eigenvalue weighted by molar-refractivity contribution is 0.0702. The number of aromatic nitrogens is 1. The van der Waals surface area contributed by atoms with E-state index in [4.69, 9.17) is 0 Å². The van der Waals surface area contributed by atoms with Gasteiger partial charge in [-0.15, -0.1) is 0 Å². The molecular weight excluding hydrogens is 398 g/mol. The fourth-order valence-corrected chi connectivity index (χ4v) is 4.38. The van der Waals surface area contributed by atoms with E-state index in [-0.39, 0.29) is 16.8 Å². The summed E-state index contributed by atoms with van der Waals surface area (Å²) in [7, 11) is -3.82. The maximum Gasteiger partial charge on any atom is 0.261 e. The number of aryl methyl sites for hydroxylation is 1. The number of hydrogen-bond acceptors (Lipinski definition) is 4. The summed E-state index contributed by atoms with van der Waals surface area (Å²) in [5, 5.41) is 0. The van der Waals surface area contributed by atoms with Crippen molar-refractivity contribution in [1.29, 1.82) is 0 Å². The number of amides is 1. The van der Waals surface area contributed by atoms with Crippen molar-refractivity contribution in [1.82, 2.24) is 9.88 Å². The molecule has 0 saturated heterocycles. The maximum absolute atomic E-state index is 13.2. The van der Waals surface area contributed by atoms with E-state index in [0.29, 0.717) is 17.8 Å². The van der Waals surface area contributed by atoms with Crippen LogP contribution in [0, 0.1) is 6.92 Å². The van der Waals surface area contributed by atoms with Gasteiger partial charge < -0.3 is 4.90 Å². The normalized spacial score (nSPS) is 12.2. The Morgan fingerprint density at radius 2 is 1.87 bits per heavy atom. The first-order chi connectivity index (χ1) is 14.3. The van der Waals surface area contributed by atoms with Crippen LogP contribution in [0.1, 0.15) is 41.4 Å². The van der Waals surface area contributed by atoms with Crippen LogP contribution in [0.3, 0.4) is 0 Å². The lowest BCUT2D eigenvalue weighted by atomic mass is 10.1. The Bertz CT molecular complexity index is 1130. The molecule has 1 aromatic heterocycles. The molecule has 2 aromatic carbocycles. The molecular formula is C23H25N3O3S. The molecule has 1 atom stereocenters. The number of nitrogens with one attached hydrogen (secondary N) is 1. The fraction of sp³-hybridized carbons (Fsp3) is 0.217. The van der Waals surface area contributed by atoms with Crippen LogP contribution in [-0.2, 0) is 10.0 Å². The molecule has 0 aliphatic heterocycles. The molecule has 0 fully saturated rings. The van der Waals surface area contributed by atoms with Crippen LogP contribution < -0.4 is 4.72 Å². The number of carbonyl (C=O) groups is 1. The largest absolute Gasteiger partial charge is 0.332 e. The zero-order chi connectivity index (χ0) is 21.7. The van der Waals surface area contributed by atoms with Crippen LogP contribution in [0.25, 0.3) is 0 Å². The molecule has 0 spiro atoms. The average Bonchev–Trinajstić information content (AvgIpc) is 2.74. The van der Waals surface area contributed by atoms with E-state index in [9.17, 15) is 13.2 Å². The van der Waals surface area contributed by atoms with Crippen LogP contribution >= 0.6 is 0 Å². The number of rotatable bonds is 7. The van der Waals surface area contributed by atoms with Crippen LogP contribution in [-0.4, -0.2) is 30.8 Å². The van der Waals surface area contributed by atoms with Crippen LogP contribution in [0.15, 0.2) is 78.0 Å². The Balaban J connectivity index is 1.87. The molecule has 1 heterocycles. The minimum atomic E-state index is -3.82. The van der Waals surface area contributed by atoms with Gasteiger partial charge in [0, 0.05) is 30.2 Å². The monoisotopic (exact) mass is 423 g/mol. The molecule has 156 valence electrons. The molecule has 0 bridgehead atoms. The van der Waals surface area contributed by atoms with Gasteiger partial charge in [-0.25, -0.2) is 8.42 Å². The van der Waals surface area contributed by atoms with Crippen molar-refractivity contribution in [3.8, 4) is 0 Å². The second kappa shape index (κ2) is 9.09. The van der Waals surface area contributed by atoms with Gasteiger partial charge in [0.2, 0.25) is 0 Å². The molecule has 7 heteroatoms. The third-order valence-electron chi connectivity index (χ3n) is 4.90. The maximum atomic E-state index is 13.2. The first kappa shape index (κ1) is 21.5. The van der Waals surface area contributed by atoms with Crippen molar-refractivity contribution < 1.29 is 13.2 Å². The first-order valence-corrected chi connectivity index (χ1v) is 11.2. The number of carbonyl (C=O) groups excluding carboxylic acids is 1. The van der Waals surface area contributed by atoms with E-state index in [1.54, 1.807) is 47.6 Å². The van der Waals surface area contributed by atoms with Gasteiger partial charge in [-0.2, -0.15) is 0 Å². The third-order valence-corrected chi connectivity index (χ3v) is 6.28. The second-order valence-electron chi connectivity index (χ2n) is 7.06. The molecule has 1 amide bonds. The predicted molar refractivity (Wildman–Crippen MR) is 118 cm³/mol. The van der Waals surface area contributed by atoms with E-state index in [0.717, 1.165) is 11.1 Å². The van der Waals surface area contributed by atoms with Crippen molar-refractivity contribution in [2.75, 3.05) is 11.3 Å². The van der Waals surface area contributed by atoms with Crippen molar-refractivity contribution in [3.63, 3.8) is 0 Å². The van der Waals surface area contributed by atoms with Gasteiger partial charge in [0.05, 0.1) is 10.9 Å². The minimum Gasteiger partial charge on any atom is -0.332 e. The third kappa shape index (κ3) is 4.86. The lowest BCUT2D eigenvalue weighted by Gasteiger charge is -2.28. The topological polar surface area (TPSA) is 79.4 Å². The zero-order valence-electron chi connectivity index (χ0n) is 17.2. The molecule has 1 unspecified atom stereocenters. The summed E-state index contributed by atoms with van der Waals surface area (Å²) in [5.74, 6) is -0.235. The predicted octanol–water partition coefficient (Wildman–Crippen LogP) is 4.41. The summed E-state index contributed by atoms with van der Waals surface area (Å²) in [6, 6.07) is 16.8. The summed E-state index contributed by atoms with van der Waals surface area (Å²) < 4.78 is 28.2. The summed E-state index contributed by atoms with van der Waals surface area (Å²) in [6.07, 6.45) is 3.41. The second-order valence-corrected chi connectivity index (χ2v) is 8.74. The number of sulfonamides is 1. The Hall–Kier alpha value is -3.19. The molecule has 6 nitrogen and oxygen atoms in total. The first-order valence-electron chi connectivity index (χ1n) is 9.72. The number of hydrogen-bond donors (Lipinski definition) is 1. The molecule has 30 heavy (non-hydrogen) atoms. The Labute approximate surface area is 177 Å². The fourth-order valence-electron chi connectivity index (χ4n) is 3.28. The zero-order valence-corrected chi connectivity index (χ0v) is 18.1. The van der Waals surface area contributed by atoms with Crippen LogP contribution in [0.2, 0.25) is 0 Å². The Morgan fingerprint density at radius 3 is 2.53 bits per heavy atom. The molecule has 1 N–H and O–H groups in total. The minimum absolute atomic E-state index is 0.0416. The number of anilines is 1. The highest BCUT2D eigenvalue weighted by Crippen LogP contribution is 2.23. The highest BCUT2D eigenvalue weighted by molar-refractivity contribution is 7.92. The van der Waals surface area contributed by atoms with Crippen LogP contribution in [0.4, 0.5) is 5.69 Å². The van der Waals surface area contributed by atoms with E-state index in [1.165, 1.54) is 12.1 Å². The van der Waals surface area contributed by atoms with Gasteiger partial charge in [0.1, 0.15) is 0 Å². The Kier molecular flexibility index (Phi) is 6.52. The SMILES string of the molecule is CCN(C(=O)c1cccc(S(=O)(=O)Nc2cccc(C)c2)c1)C(C)c1cccnc1. The number of benzene rings is 2. The van der Waals surface area contributed by atoms with Crippen molar-refractivity contribution in [2.24, 2.45) is 0 Å². The molecule has 0 radical (unpaired) electrons. The number of nitrogens with zero attached hydrogens (tertiary/aromatic N) is 2. The van der Waals surface area contributed by atoms with Gasteiger partial charge in [0.15, 0.2) is 0 Å². The van der Waals surface area contributed by atoms with Gasteiger partial charge in [0.25, 0.3) is 15.9 Å². The van der Waals surface area contributed by atoms with Crippen LogP contribution in [0.5, 0.6) is 0 Å².